The number of hydrogen-bond donors (Lipinski definition) is 0. The molecule has 1 fully saturated rings. The van der Waals surface area contributed by atoms with E-state index in [0.29, 0.717) is 6.42 Å². The number of rotatable bonds is 5. The van der Waals surface area contributed by atoms with Crippen molar-refractivity contribution < 1.29 is 19.1 Å². The third-order valence-corrected chi connectivity index (χ3v) is 4.55. The number of carbonyl (C=O) groups is 3. The smallest absolute Gasteiger partial charge is 0.331 e. The minimum Gasteiger partial charge on any atom is -0.467 e. The quantitative estimate of drug-likeness (QED) is 0.607. The van der Waals surface area contributed by atoms with E-state index in [1.807, 2.05) is 24.3 Å². The minimum absolute atomic E-state index is 0.144. The molecule has 6 heteroatoms. The fourth-order valence-electron chi connectivity index (χ4n) is 2.63. The molecule has 2 rings (SSSR count). The maximum atomic E-state index is 12.3. The predicted molar refractivity (Wildman–Crippen MR) is 95.9 cm³/mol. The SMILES string of the molecule is COC(=O)C(C)(C)N(C)C(=O)/C=C\c1ccc(N2CCCC2=O)cc1. The van der Waals surface area contributed by atoms with Crippen molar-refractivity contribution in [3.05, 3.63) is 35.9 Å². The lowest BCUT2D eigenvalue weighted by Gasteiger charge is -2.31. The Labute approximate surface area is 148 Å². The molecule has 1 aliphatic heterocycles. The zero-order valence-corrected chi connectivity index (χ0v) is 15.1. The van der Waals surface area contributed by atoms with Gasteiger partial charge in [-0.2, -0.15) is 0 Å². The van der Waals surface area contributed by atoms with E-state index in [-0.39, 0.29) is 11.8 Å². The molecule has 0 aliphatic carbocycles. The van der Waals surface area contributed by atoms with Crippen molar-refractivity contribution in [1.82, 2.24) is 4.90 Å². The lowest BCUT2D eigenvalue weighted by Crippen LogP contribution is -2.50. The van der Waals surface area contributed by atoms with Gasteiger partial charge in [0.1, 0.15) is 5.54 Å². The molecule has 0 atom stereocenters. The second-order valence-corrected chi connectivity index (χ2v) is 6.52. The van der Waals surface area contributed by atoms with Crippen LogP contribution in [0, 0.1) is 0 Å². The highest BCUT2D eigenvalue weighted by atomic mass is 16.5. The van der Waals surface area contributed by atoms with E-state index < -0.39 is 11.5 Å². The van der Waals surface area contributed by atoms with Gasteiger partial charge in [-0.15, -0.1) is 0 Å². The van der Waals surface area contributed by atoms with Gasteiger partial charge in [-0.05, 0) is 44.0 Å². The van der Waals surface area contributed by atoms with Crippen LogP contribution in [0.4, 0.5) is 5.69 Å². The van der Waals surface area contributed by atoms with Crippen LogP contribution in [-0.4, -0.2) is 48.9 Å². The van der Waals surface area contributed by atoms with Crippen molar-refractivity contribution in [2.24, 2.45) is 0 Å². The van der Waals surface area contributed by atoms with Gasteiger partial charge >= 0.3 is 5.97 Å². The summed E-state index contributed by atoms with van der Waals surface area (Å²) in [7, 11) is 2.86. The number of esters is 1. The third-order valence-electron chi connectivity index (χ3n) is 4.55. The van der Waals surface area contributed by atoms with E-state index in [2.05, 4.69) is 0 Å². The predicted octanol–water partition coefficient (Wildman–Crippen LogP) is 2.24. The van der Waals surface area contributed by atoms with E-state index in [1.165, 1.54) is 18.1 Å². The number of ether oxygens (including phenoxy) is 1. The molecule has 1 heterocycles. The van der Waals surface area contributed by atoms with Crippen LogP contribution in [0.25, 0.3) is 6.08 Å². The Kier molecular flexibility index (Phi) is 5.62. The van der Waals surface area contributed by atoms with E-state index in [4.69, 9.17) is 4.74 Å². The normalized spacial score (nSPS) is 14.9. The van der Waals surface area contributed by atoms with Gasteiger partial charge in [-0.3, -0.25) is 9.59 Å². The lowest BCUT2D eigenvalue weighted by molar-refractivity contribution is -0.156. The first kappa shape index (κ1) is 18.7. The van der Waals surface area contributed by atoms with Crippen LogP contribution in [-0.2, 0) is 19.1 Å². The van der Waals surface area contributed by atoms with Crippen molar-refractivity contribution >= 4 is 29.5 Å². The first-order valence-electron chi connectivity index (χ1n) is 8.22. The van der Waals surface area contributed by atoms with Crippen molar-refractivity contribution in [1.29, 1.82) is 0 Å². The van der Waals surface area contributed by atoms with Gasteiger partial charge in [0.15, 0.2) is 0 Å². The molecule has 1 saturated heterocycles. The first-order chi connectivity index (χ1) is 11.8. The minimum atomic E-state index is -1.05. The summed E-state index contributed by atoms with van der Waals surface area (Å²) < 4.78 is 4.73. The van der Waals surface area contributed by atoms with Crippen LogP contribution >= 0.6 is 0 Å². The van der Waals surface area contributed by atoms with Crippen LogP contribution in [0.15, 0.2) is 30.3 Å². The molecule has 25 heavy (non-hydrogen) atoms. The number of benzene rings is 1. The third kappa shape index (κ3) is 4.07. The highest BCUT2D eigenvalue weighted by Crippen LogP contribution is 2.22. The van der Waals surface area contributed by atoms with E-state index in [1.54, 1.807) is 31.9 Å². The largest absolute Gasteiger partial charge is 0.467 e. The van der Waals surface area contributed by atoms with Crippen LogP contribution in [0.3, 0.4) is 0 Å². The monoisotopic (exact) mass is 344 g/mol. The highest BCUT2D eigenvalue weighted by molar-refractivity contribution is 5.96. The molecular weight excluding hydrogens is 320 g/mol. The molecule has 0 radical (unpaired) electrons. The summed E-state index contributed by atoms with van der Waals surface area (Å²) >= 11 is 0. The summed E-state index contributed by atoms with van der Waals surface area (Å²) in [6.07, 6.45) is 4.58. The molecule has 0 unspecified atom stereocenters. The second kappa shape index (κ2) is 7.51. The average Bonchev–Trinajstić information content (AvgIpc) is 3.04. The number of amides is 2. The number of methoxy groups -OCH3 is 1. The Bertz CT molecular complexity index is 692. The summed E-state index contributed by atoms with van der Waals surface area (Å²) in [5.41, 5.74) is 0.666. The van der Waals surface area contributed by atoms with Gasteiger partial charge in [0.2, 0.25) is 11.8 Å². The van der Waals surface area contributed by atoms with Gasteiger partial charge in [0.05, 0.1) is 7.11 Å². The molecule has 6 nitrogen and oxygen atoms in total. The van der Waals surface area contributed by atoms with Gasteiger partial charge in [0, 0.05) is 31.8 Å². The molecule has 134 valence electrons. The Morgan fingerprint density at radius 1 is 1.24 bits per heavy atom. The van der Waals surface area contributed by atoms with Crippen LogP contribution in [0.5, 0.6) is 0 Å². The van der Waals surface area contributed by atoms with Crippen molar-refractivity contribution in [2.75, 3.05) is 25.6 Å². The Balaban J connectivity index is 2.05. The van der Waals surface area contributed by atoms with Gasteiger partial charge in [-0.25, -0.2) is 4.79 Å². The molecular formula is C19H24N2O4. The Morgan fingerprint density at radius 2 is 1.88 bits per heavy atom. The lowest BCUT2D eigenvalue weighted by atomic mass is 10.0. The summed E-state index contributed by atoms with van der Waals surface area (Å²) in [5.74, 6) is -0.629. The molecule has 1 aromatic rings. The summed E-state index contributed by atoms with van der Waals surface area (Å²) in [6.45, 7) is 4.01. The maximum Gasteiger partial charge on any atom is 0.331 e. The number of carbonyl (C=O) groups excluding carboxylic acids is 3. The Hall–Kier alpha value is -2.63. The Morgan fingerprint density at radius 3 is 2.40 bits per heavy atom. The average molecular weight is 344 g/mol. The zero-order valence-electron chi connectivity index (χ0n) is 15.1. The number of anilines is 1. The number of hydrogen-bond acceptors (Lipinski definition) is 4. The fourth-order valence-corrected chi connectivity index (χ4v) is 2.63. The zero-order chi connectivity index (χ0) is 18.6. The molecule has 0 aromatic heterocycles. The molecule has 0 saturated carbocycles. The fraction of sp³-hybridized carbons (Fsp3) is 0.421. The highest BCUT2D eigenvalue weighted by Gasteiger charge is 2.35. The summed E-state index contributed by atoms with van der Waals surface area (Å²) in [4.78, 5) is 38.9. The topological polar surface area (TPSA) is 66.9 Å². The van der Waals surface area contributed by atoms with Crippen molar-refractivity contribution in [3.8, 4) is 0 Å². The van der Waals surface area contributed by atoms with Crippen molar-refractivity contribution in [3.63, 3.8) is 0 Å². The van der Waals surface area contributed by atoms with Crippen LogP contribution in [0.1, 0.15) is 32.3 Å². The molecule has 2 amide bonds. The number of nitrogens with zero attached hydrogens (tertiary/aromatic N) is 2. The molecule has 1 aromatic carbocycles. The van der Waals surface area contributed by atoms with Crippen molar-refractivity contribution in [2.45, 2.75) is 32.2 Å². The van der Waals surface area contributed by atoms with E-state index >= 15 is 0 Å². The van der Waals surface area contributed by atoms with Crippen LogP contribution < -0.4 is 4.90 Å². The molecule has 0 spiro atoms. The van der Waals surface area contributed by atoms with Gasteiger partial charge in [-0.1, -0.05) is 12.1 Å². The van der Waals surface area contributed by atoms with Gasteiger partial charge < -0.3 is 14.5 Å². The first-order valence-corrected chi connectivity index (χ1v) is 8.22. The second-order valence-electron chi connectivity index (χ2n) is 6.52. The van der Waals surface area contributed by atoms with E-state index in [0.717, 1.165) is 24.2 Å². The van der Waals surface area contributed by atoms with E-state index in [9.17, 15) is 14.4 Å². The van der Waals surface area contributed by atoms with Gasteiger partial charge in [0.25, 0.3) is 0 Å². The standard InChI is InChI=1S/C19H24N2O4/c1-19(2,18(24)25-4)20(3)16(22)12-9-14-7-10-15(11-8-14)21-13-5-6-17(21)23/h7-12H,5-6,13H2,1-4H3/b12-9-. The summed E-state index contributed by atoms with van der Waals surface area (Å²) in [5, 5.41) is 0. The van der Waals surface area contributed by atoms with Crippen LogP contribution in [0.2, 0.25) is 0 Å². The molecule has 1 aliphatic rings. The summed E-state index contributed by atoms with van der Waals surface area (Å²) in [6, 6.07) is 7.46. The molecule has 0 bridgehead atoms. The molecule has 0 N–H and O–H groups in total. The maximum absolute atomic E-state index is 12.3. The number of likely N-dealkylation sites (N-methyl/N-ethyl adjacent to an activating group) is 1.